The zero-order valence-corrected chi connectivity index (χ0v) is 19.3. The van der Waals surface area contributed by atoms with Crippen molar-refractivity contribution in [2.75, 3.05) is 6.61 Å². The molecule has 0 N–H and O–H groups in total. The van der Waals surface area contributed by atoms with Crippen molar-refractivity contribution in [1.29, 1.82) is 0 Å². The maximum absolute atomic E-state index is 12.0. The number of carbonyl (C=O) groups is 2. The van der Waals surface area contributed by atoms with Crippen LogP contribution in [0.3, 0.4) is 0 Å². The first-order valence-corrected chi connectivity index (χ1v) is 11.7. The lowest BCUT2D eigenvalue weighted by molar-refractivity contribution is -0.154. The van der Waals surface area contributed by atoms with Crippen LogP contribution < -0.4 is 0 Å². The van der Waals surface area contributed by atoms with Gasteiger partial charge in [0.25, 0.3) is 0 Å². The largest absolute Gasteiger partial charge is 0.466 e. The minimum atomic E-state index is -0.0650. The molecule has 0 aromatic carbocycles. The minimum absolute atomic E-state index is 0.0172. The van der Waals surface area contributed by atoms with Gasteiger partial charge in [-0.15, -0.1) is 0 Å². The number of carbonyl (C=O) groups excluding carboxylic acids is 2. The molecule has 0 saturated heterocycles. The molecule has 0 bridgehead atoms. The second-order valence-electron chi connectivity index (χ2n) is 8.70. The van der Waals surface area contributed by atoms with Gasteiger partial charge in [-0.1, -0.05) is 86.0 Å². The highest BCUT2D eigenvalue weighted by molar-refractivity contribution is 5.69. The van der Waals surface area contributed by atoms with Gasteiger partial charge in [0.1, 0.15) is 6.10 Å². The van der Waals surface area contributed by atoms with Crippen LogP contribution in [0.1, 0.15) is 118 Å². The summed E-state index contributed by atoms with van der Waals surface area (Å²) in [6, 6.07) is 0. The van der Waals surface area contributed by atoms with Crippen molar-refractivity contribution in [2.45, 2.75) is 124 Å². The van der Waals surface area contributed by atoms with Crippen molar-refractivity contribution in [3.05, 3.63) is 0 Å². The molecule has 0 aliphatic rings. The maximum atomic E-state index is 12.0. The molecule has 28 heavy (non-hydrogen) atoms. The number of rotatable bonds is 18. The summed E-state index contributed by atoms with van der Waals surface area (Å²) in [5, 5.41) is 0. The van der Waals surface area contributed by atoms with Crippen LogP contribution in [0.5, 0.6) is 0 Å². The average molecular weight is 399 g/mol. The van der Waals surface area contributed by atoms with Crippen LogP contribution in [-0.4, -0.2) is 24.6 Å². The van der Waals surface area contributed by atoms with Crippen molar-refractivity contribution in [1.82, 2.24) is 0 Å². The first-order valence-electron chi connectivity index (χ1n) is 11.7. The lowest BCUT2D eigenvalue weighted by Gasteiger charge is -2.24. The first kappa shape index (κ1) is 26.9. The van der Waals surface area contributed by atoms with E-state index in [1.807, 2.05) is 0 Å². The third kappa shape index (κ3) is 15.9. The summed E-state index contributed by atoms with van der Waals surface area (Å²) in [4.78, 5) is 23.6. The van der Waals surface area contributed by atoms with Gasteiger partial charge in [-0.05, 0) is 31.1 Å². The van der Waals surface area contributed by atoms with Gasteiger partial charge in [0.05, 0.1) is 6.61 Å². The molecule has 0 fully saturated rings. The fraction of sp³-hybridized carbons (Fsp3) is 0.917. The van der Waals surface area contributed by atoms with Crippen molar-refractivity contribution >= 4 is 11.9 Å². The molecule has 0 radical (unpaired) electrons. The van der Waals surface area contributed by atoms with Crippen LogP contribution in [0.2, 0.25) is 0 Å². The SMILES string of the molecule is CCCCCCCOC(=O)CCCCCCCCC(=O)OC(C(C)C)C(C)C. The molecule has 0 amide bonds. The molecular weight excluding hydrogens is 352 g/mol. The molecule has 0 spiro atoms. The van der Waals surface area contributed by atoms with Gasteiger partial charge >= 0.3 is 11.9 Å². The molecule has 4 heteroatoms. The zero-order chi connectivity index (χ0) is 21.2. The Hall–Kier alpha value is -1.06. The Morgan fingerprint density at radius 3 is 1.64 bits per heavy atom. The summed E-state index contributed by atoms with van der Waals surface area (Å²) < 4.78 is 10.9. The summed E-state index contributed by atoms with van der Waals surface area (Å²) in [6.07, 6.45) is 13.1. The number of esters is 2. The van der Waals surface area contributed by atoms with E-state index in [-0.39, 0.29) is 18.0 Å². The van der Waals surface area contributed by atoms with E-state index in [4.69, 9.17) is 9.47 Å². The van der Waals surface area contributed by atoms with E-state index < -0.39 is 0 Å². The fourth-order valence-corrected chi connectivity index (χ4v) is 3.46. The highest BCUT2D eigenvalue weighted by Gasteiger charge is 2.21. The van der Waals surface area contributed by atoms with E-state index in [0.29, 0.717) is 31.3 Å². The summed E-state index contributed by atoms with van der Waals surface area (Å²) in [5.41, 5.74) is 0. The van der Waals surface area contributed by atoms with Crippen LogP contribution in [0.4, 0.5) is 0 Å². The van der Waals surface area contributed by atoms with Gasteiger partial charge in [-0.2, -0.15) is 0 Å². The highest BCUT2D eigenvalue weighted by atomic mass is 16.5. The molecule has 166 valence electrons. The molecule has 0 aromatic heterocycles. The Bertz CT molecular complexity index is 382. The molecular formula is C24H46O4. The number of hydrogen-bond donors (Lipinski definition) is 0. The molecule has 0 saturated carbocycles. The second kappa shape index (κ2) is 18.0. The van der Waals surface area contributed by atoms with Crippen molar-refractivity contribution in [3.63, 3.8) is 0 Å². The molecule has 0 heterocycles. The van der Waals surface area contributed by atoms with Crippen molar-refractivity contribution in [3.8, 4) is 0 Å². The third-order valence-corrected chi connectivity index (χ3v) is 5.10. The van der Waals surface area contributed by atoms with Crippen molar-refractivity contribution in [2.24, 2.45) is 11.8 Å². The number of ether oxygens (including phenoxy) is 2. The standard InChI is InChI=1S/C24H46O4/c1-6-7-8-13-16-19-27-22(25)17-14-11-9-10-12-15-18-23(26)28-24(20(2)3)21(4)5/h20-21,24H,6-19H2,1-5H3. The van der Waals surface area contributed by atoms with E-state index in [0.717, 1.165) is 51.4 Å². The highest BCUT2D eigenvalue weighted by Crippen LogP contribution is 2.18. The van der Waals surface area contributed by atoms with Gasteiger partial charge in [-0.3, -0.25) is 9.59 Å². The van der Waals surface area contributed by atoms with Gasteiger partial charge in [0.15, 0.2) is 0 Å². The minimum Gasteiger partial charge on any atom is -0.466 e. The topological polar surface area (TPSA) is 52.6 Å². The molecule has 4 nitrogen and oxygen atoms in total. The summed E-state index contributed by atoms with van der Waals surface area (Å²) in [7, 11) is 0. The Kier molecular flexibility index (Phi) is 17.3. The zero-order valence-electron chi connectivity index (χ0n) is 19.3. The number of unbranched alkanes of at least 4 members (excludes halogenated alkanes) is 9. The van der Waals surface area contributed by atoms with E-state index in [1.54, 1.807) is 0 Å². The molecule has 0 rings (SSSR count). The van der Waals surface area contributed by atoms with Gasteiger partial charge < -0.3 is 9.47 Å². The Morgan fingerprint density at radius 2 is 1.11 bits per heavy atom. The normalized spacial score (nSPS) is 11.4. The Labute approximate surface area is 174 Å². The summed E-state index contributed by atoms with van der Waals surface area (Å²) in [6.45, 7) is 11.2. The van der Waals surface area contributed by atoms with Crippen LogP contribution in [0.15, 0.2) is 0 Å². The van der Waals surface area contributed by atoms with Gasteiger partial charge in [0.2, 0.25) is 0 Å². The first-order chi connectivity index (χ1) is 13.4. The molecule has 0 aliphatic carbocycles. The van der Waals surface area contributed by atoms with E-state index in [1.165, 1.54) is 19.3 Å². The van der Waals surface area contributed by atoms with Crippen LogP contribution >= 0.6 is 0 Å². The number of hydrogen-bond acceptors (Lipinski definition) is 4. The van der Waals surface area contributed by atoms with Crippen LogP contribution in [0, 0.1) is 11.8 Å². The fourth-order valence-electron chi connectivity index (χ4n) is 3.46. The van der Waals surface area contributed by atoms with E-state index in [9.17, 15) is 9.59 Å². The summed E-state index contributed by atoms with van der Waals surface area (Å²) >= 11 is 0. The molecule has 0 aromatic rings. The van der Waals surface area contributed by atoms with Crippen LogP contribution in [-0.2, 0) is 19.1 Å². The smallest absolute Gasteiger partial charge is 0.306 e. The Morgan fingerprint density at radius 1 is 0.643 bits per heavy atom. The summed E-state index contributed by atoms with van der Waals surface area (Å²) in [5.74, 6) is 0.598. The van der Waals surface area contributed by atoms with Gasteiger partial charge in [-0.25, -0.2) is 0 Å². The van der Waals surface area contributed by atoms with Gasteiger partial charge in [0, 0.05) is 12.8 Å². The predicted octanol–water partition coefficient (Wildman–Crippen LogP) is 6.84. The lowest BCUT2D eigenvalue weighted by atomic mass is 9.96. The Balaban J connectivity index is 3.49. The van der Waals surface area contributed by atoms with E-state index >= 15 is 0 Å². The predicted molar refractivity (Wildman–Crippen MR) is 116 cm³/mol. The monoisotopic (exact) mass is 398 g/mol. The third-order valence-electron chi connectivity index (χ3n) is 5.10. The van der Waals surface area contributed by atoms with E-state index in [2.05, 4.69) is 34.6 Å². The van der Waals surface area contributed by atoms with Crippen LogP contribution in [0.25, 0.3) is 0 Å². The van der Waals surface area contributed by atoms with Crippen molar-refractivity contribution < 1.29 is 19.1 Å². The lowest BCUT2D eigenvalue weighted by Crippen LogP contribution is -2.28. The molecule has 0 atom stereocenters. The average Bonchev–Trinajstić information content (AvgIpc) is 2.64. The quantitative estimate of drug-likeness (QED) is 0.187. The maximum Gasteiger partial charge on any atom is 0.306 e. The molecule has 0 aliphatic heterocycles. The second-order valence-corrected chi connectivity index (χ2v) is 8.70. The molecule has 0 unspecified atom stereocenters.